The van der Waals surface area contributed by atoms with E-state index in [-0.39, 0.29) is 12.2 Å². The smallest absolute Gasteiger partial charge is 0.216 e. The third-order valence-electron chi connectivity index (χ3n) is 12.3. The molecule has 0 bridgehead atoms. The molecule has 5 aromatic rings. The van der Waals surface area contributed by atoms with Crippen LogP contribution < -0.4 is 39.8 Å². The van der Waals surface area contributed by atoms with Crippen LogP contribution >= 0.6 is 23.5 Å². The maximum absolute atomic E-state index is 6.73. The van der Waals surface area contributed by atoms with Crippen molar-refractivity contribution in [3.63, 3.8) is 0 Å². The number of hydrogen-bond donors (Lipinski definition) is 3. The number of allylic oxidation sites excluding steroid dienone is 2. The number of thioether (sulfide) groups is 2. The Morgan fingerprint density at radius 2 is 1.59 bits per heavy atom. The number of nitrogens with zero attached hydrogens (tertiary/aromatic N) is 3. The lowest BCUT2D eigenvalue weighted by Crippen LogP contribution is -2.39. The number of rotatable bonds is 11. The fourth-order valence-electron chi connectivity index (χ4n) is 9.55. The first-order valence-corrected chi connectivity index (χ1v) is 22.8. The summed E-state index contributed by atoms with van der Waals surface area (Å²) in [5.74, 6) is 2.97. The normalized spacial score (nSPS) is 19.7. The van der Waals surface area contributed by atoms with Crippen LogP contribution in [0.3, 0.4) is 0 Å². The number of ether oxygens (including phenoxy) is 2. The third kappa shape index (κ3) is 6.54. The van der Waals surface area contributed by atoms with Gasteiger partial charge in [0.25, 0.3) is 0 Å². The zero-order valence-corrected chi connectivity index (χ0v) is 34.3. The van der Waals surface area contributed by atoms with Crippen LogP contribution in [-0.4, -0.2) is 63.8 Å². The summed E-state index contributed by atoms with van der Waals surface area (Å²) in [6.45, 7) is 7.69. The highest BCUT2D eigenvalue weighted by Crippen LogP contribution is 2.54. The van der Waals surface area contributed by atoms with Gasteiger partial charge in [-0.25, -0.2) is 0 Å². The van der Waals surface area contributed by atoms with Crippen molar-refractivity contribution in [2.24, 2.45) is 0 Å². The molecule has 6 aliphatic rings. The molecule has 0 saturated heterocycles. The topological polar surface area (TPSA) is 64.9 Å². The second-order valence-corrected chi connectivity index (χ2v) is 17.9. The van der Waals surface area contributed by atoms with Crippen LogP contribution in [0.25, 0.3) is 22.0 Å². The zero-order valence-electron chi connectivity index (χ0n) is 32.7. The minimum atomic E-state index is 0.0919. The van der Waals surface area contributed by atoms with E-state index in [0.717, 1.165) is 95.3 Å². The van der Waals surface area contributed by atoms with Gasteiger partial charge in [-0.05, 0) is 72.7 Å². The van der Waals surface area contributed by atoms with Gasteiger partial charge in [-0.3, -0.25) is 0 Å². The Kier molecular flexibility index (Phi) is 9.81. The van der Waals surface area contributed by atoms with E-state index in [9.17, 15) is 0 Å². The summed E-state index contributed by atoms with van der Waals surface area (Å²) in [4.78, 5) is 7.56. The number of para-hydroxylation sites is 2. The Morgan fingerprint density at radius 1 is 0.776 bits per heavy atom. The molecule has 6 aliphatic heterocycles. The van der Waals surface area contributed by atoms with Crippen molar-refractivity contribution in [2.75, 3.05) is 66.7 Å². The second-order valence-electron chi connectivity index (χ2n) is 15.8. The number of aromatic nitrogens is 1. The van der Waals surface area contributed by atoms with Crippen molar-refractivity contribution >= 4 is 62.6 Å². The Hall–Kier alpha value is -4.87. The van der Waals surface area contributed by atoms with Crippen molar-refractivity contribution in [3.05, 3.63) is 131 Å². The molecule has 11 rings (SSSR count). The molecular weight excluding hydrogens is 757 g/mol. The SMILES string of the molecule is C1=CN(CCCNCCNCCC[n+]2ccc3c4c(cccc42)OC2CCN4C(=C32)Sc2ccccc24)c2cccc3c2C1=C1CSc2ccccc2NCCC1O3. The lowest BCUT2D eigenvalue weighted by molar-refractivity contribution is -0.671. The summed E-state index contributed by atoms with van der Waals surface area (Å²) in [5.41, 5.74) is 11.8. The maximum atomic E-state index is 6.73. The maximum Gasteiger partial charge on any atom is 0.216 e. The average Bonchev–Trinajstić information content (AvgIpc) is 3.67. The molecular formula is C48H49N6O2S2+. The van der Waals surface area contributed by atoms with Gasteiger partial charge < -0.3 is 35.2 Å². The molecule has 0 amide bonds. The van der Waals surface area contributed by atoms with Crippen LogP contribution in [0, 0.1) is 0 Å². The Balaban J connectivity index is 0.666. The van der Waals surface area contributed by atoms with Gasteiger partial charge in [0.2, 0.25) is 5.52 Å². The minimum Gasteiger partial charge on any atom is -0.485 e. The summed E-state index contributed by atoms with van der Waals surface area (Å²) >= 11 is 3.81. The lowest BCUT2D eigenvalue weighted by atomic mass is 9.89. The number of anilines is 3. The first kappa shape index (κ1) is 36.2. The van der Waals surface area contributed by atoms with E-state index in [0.29, 0.717) is 0 Å². The predicted octanol–water partition coefficient (Wildman–Crippen LogP) is 8.69. The molecule has 58 heavy (non-hydrogen) atoms. The number of fused-ring (bicyclic) bond motifs is 7. The summed E-state index contributed by atoms with van der Waals surface area (Å²) in [6.07, 6.45) is 11.2. The number of nitrogens with one attached hydrogen (secondary N) is 3. The first-order chi connectivity index (χ1) is 28.8. The zero-order chi connectivity index (χ0) is 38.4. The molecule has 0 aliphatic carbocycles. The monoisotopic (exact) mass is 805 g/mol. The highest BCUT2D eigenvalue weighted by Gasteiger charge is 2.40. The molecule has 8 nitrogen and oxygen atoms in total. The van der Waals surface area contributed by atoms with Gasteiger partial charge >= 0.3 is 0 Å². The van der Waals surface area contributed by atoms with E-state index in [1.54, 1.807) is 0 Å². The van der Waals surface area contributed by atoms with Crippen molar-refractivity contribution < 1.29 is 14.0 Å². The highest BCUT2D eigenvalue weighted by molar-refractivity contribution is 8.04. The first-order valence-electron chi connectivity index (χ1n) is 21.0. The largest absolute Gasteiger partial charge is 0.485 e. The van der Waals surface area contributed by atoms with E-state index in [4.69, 9.17) is 9.47 Å². The number of hydrogen-bond acceptors (Lipinski definition) is 9. The fraction of sp³-hybridized carbons (Fsp3) is 0.312. The summed E-state index contributed by atoms with van der Waals surface area (Å²) in [5, 5.41) is 13.6. The Morgan fingerprint density at radius 3 is 2.53 bits per heavy atom. The predicted molar refractivity (Wildman–Crippen MR) is 239 cm³/mol. The molecule has 1 aromatic heterocycles. The highest BCUT2D eigenvalue weighted by atomic mass is 32.2. The number of benzene rings is 4. The molecule has 3 N–H and O–H groups in total. The van der Waals surface area contributed by atoms with E-state index in [1.807, 2.05) is 23.5 Å². The van der Waals surface area contributed by atoms with Crippen LogP contribution in [0.2, 0.25) is 0 Å². The molecule has 10 heteroatoms. The van der Waals surface area contributed by atoms with Crippen LogP contribution in [0.4, 0.5) is 17.1 Å². The fourth-order valence-corrected chi connectivity index (χ4v) is 12.0. The van der Waals surface area contributed by atoms with Crippen LogP contribution in [0.15, 0.2) is 130 Å². The van der Waals surface area contributed by atoms with Gasteiger partial charge in [0.15, 0.2) is 6.20 Å². The molecule has 7 heterocycles. The van der Waals surface area contributed by atoms with Crippen molar-refractivity contribution in [3.8, 4) is 11.5 Å². The third-order valence-corrected chi connectivity index (χ3v) is 14.6. The molecule has 2 atom stereocenters. The van der Waals surface area contributed by atoms with Crippen molar-refractivity contribution in [1.82, 2.24) is 10.6 Å². The summed E-state index contributed by atoms with van der Waals surface area (Å²) in [6, 6.07) is 32.9. The van der Waals surface area contributed by atoms with Crippen molar-refractivity contribution in [1.29, 1.82) is 0 Å². The van der Waals surface area contributed by atoms with Gasteiger partial charge in [0.1, 0.15) is 30.3 Å². The molecule has 4 aromatic carbocycles. The quantitative estimate of drug-likeness (QED) is 0.0900. The van der Waals surface area contributed by atoms with Gasteiger partial charge in [-0.1, -0.05) is 48.2 Å². The van der Waals surface area contributed by atoms with Crippen LogP contribution in [0.1, 0.15) is 36.8 Å². The molecule has 0 spiro atoms. The van der Waals surface area contributed by atoms with E-state index in [2.05, 4.69) is 140 Å². The Bertz CT molecular complexity index is 2500. The molecule has 0 fully saturated rings. The van der Waals surface area contributed by atoms with E-state index in [1.165, 1.54) is 70.6 Å². The van der Waals surface area contributed by atoms with E-state index >= 15 is 0 Å². The molecule has 294 valence electrons. The second kappa shape index (κ2) is 15.7. The van der Waals surface area contributed by atoms with Gasteiger partial charge in [0.05, 0.1) is 21.8 Å². The van der Waals surface area contributed by atoms with Gasteiger partial charge in [-0.15, -0.1) is 11.8 Å². The summed E-state index contributed by atoms with van der Waals surface area (Å²) < 4.78 is 15.9. The molecule has 0 radical (unpaired) electrons. The minimum absolute atomic E-state index is 0.0919. The number of aryl methyl sites for hydroxylation is 1. The van der Waals surface area contributed by atoms with Gasteiger partial charge in [0, 0.05) is 115 Å². The molecule has 0 saturated carbocycles. The molecule has 2 unspecified atom stereocenters. The summed E-state index contributed by atoms with van der Waals surface area (Å²) in [7, 11) is 0. The van der Waals surface area contributed by atoms with Crippen LogP contribution in [0.5, 0.6) is 11.5 Å². The number of pyridine rings is 1. The van der Waals surface area contributed by atoms with Gasteiger partial charge in [-0.2, -0.15) is 4.57 Å². The van der Waals surface area contributed by atoms with Crippen molar-refractivity contribution in [2.45, 2.75) is 54.2 Å². The average molecular weight is 806 g/mol. The van der Waals surface area contributed by atoms with Crippen LogP contribution in [-0.2, 0) is 6.54 Å². The Labute approximate surface area is 349 Å². The van der Waals surface area contributed by atoms with E-state index < -0.39 is 0 Å². The lowest BCUT2D eigenvalue weighted by Gasteiger charge is -2.37. The standard InChI is InChI=1S/C48H49N6O2S2/c1-3-15-43-35(9-1)51-23-17-39-34(31-57-43)32-18-28-52(37-11-5-13-40(55-39)45(32)37)26-7-21-49-24-25-50-22-8-27-53-29-19-33-46-38(53)12-6-14-41(46)56-42-20-30-54-36-10-2-4-16-44(36)58-48(54)47(33)42/h1-6,9-16,18-19,28-29,39,42,49-51H,7-8,17,20-27,30-31H2/q+1.